The van der Waals surface area contributed by atoms with Gasteiger partial charge in [-0.15, -0.1) is 0 Å². The summed E-state index contributed by atoms with van der Waals surface area (Å²) in [4.78, 5) is 11.2. The maximum absolute atomic E-state index is 11.2. The Hall–Kier alpha value is -2.07. The van der Waals surface area contributed by atoms with Gasteiger partial charge in [-0.3, -0.25) is 0 Å². The van der Waals surface area contributed by atoms with Crippen LogP contribution in [0.25, 0.3) is 22.3 Å². The van der Waals surface area contributed by atoms with Gasteiger partial charge in [0.25, 0.3) is 0 Å². The van der Waals surface area contributed by atoms with Crippen LogP contribution in [0.2, 0.25) is 0 Å². The first-order valence-corrected chi connectivity index (χ1v) is 6.88. The van der Waals surface area contributed by atoms with Gasteiger partial charge >= 0.3 is 5.97 Å². The van der Waals surface area contributed by atoms with Crippen LogP contribution in [0.3, 0.4) is 0 Å². The number of hydrogen-bond donors (Lipinski definition) is 1. The molecule has 0 radical (unpaired) electrons. The number of aromatic carboxylic acids is 1. The summed E-state index contributed by atoms with van der Waals surface area (Å²) in [6.07, 6.45) is 0. The molecule has 2 aromatic carbocycles. The Bertz CT molecular complexity index is 818. The van der Waals surface area contributed by atoms with Crippen LogP contribution in [-0.4, -0.2) is 11.1 Å². The lowest BCUT2D eigenvalue weighted by molar-refractivity contribution is 0.0696. The number of fused-ring (bicyclic) bond motifs is 1. The number of aryl methyl sites for hydroxylation is 1. The molecular formula is C16H11BrO3. The first kappa shape index (κ1) is 12.9. The van der Waals surface area contributed by atoms with Crippen LogP contribution in [-0.2, 0) is 0 Å². The molecule has 0 bridgehead atoms. The van der Waals surface area contributed by atoms with Crippen LogP contribution in [0.5, 0.6) is 0 Å². The third-order valence-electron chi connectivity index (χ3n) is 3.22. The third kappa shape index (κ3) is 2.12. The zero-order valence-electron chi connectivity index (χ0n) is 10.7. The van der Waals surface area contributed by atoms with Gasteiger partial charge in [-0.25, -0.2) is 4.79 Å². The fraction of sp³-hybridized carbons (Fsp3) is 0.0625. The minimum absolute atomic E-state index is 0.222. The molecule has 100 valence electrons. The topological polar surface area (TPSA) is 50.4 Å². The van der Waals surface area contributed by atoms with Gasteiger partial charge < -0.3 is 9.52 Å². The van der Waals surface area contributed by atoms with Gasteiger partial charge in [-0.05, 0) is 46.6 Å². The van der Waals surface area contributed by atoms with Crippen molar-refractivity contribution in [3.05, 3.63) is 58.1 Å². The summed E-state index contributed by atoms with van der Waals surface area (Å²) < 4.78 is 6.41. The minimum atomic E-state index is -0.967. The van der Waals surface area contributed by atoms with Gasteiger partial charge in [0.1, 0.15) is 11.3 Å². The van der Waals surface area contributed by atoms with Gasteiger partial charge in [-0.2, -0.15) is 0 Å². The maximum atomic E-state index is 11.2. The quantitative estimate of drug-likeness (QED) is 0.729. The molecule has 4 heteroatoms. The zero-order chi connectivity index (χ0) is 14.3. The van der Waals surface area contributed by atoms with Crippen molar-refractivity contribution in [2.45, 2.75) is 6.92 Å². The lowest BCUT2D eigenvalue weighted by atomic mass is 10.1. The van der Waals surface area contributed by atoms with Crippen LogP contribution in [0.1, 0.15) is 15.9 Å². The van der Waals surface area contributed by atoms with Gasteiger partial charge in [0, 0.05) is 15.4 Å². The molecule has 0 saturated heterocycles. The molecule has 0 spiro atoms. The summed E-state index contributed by atoms with van der Waals surface area (Å²) in [7, 11) is 0. The predicted octanol–water partition coefficient (Wildman–Crippen LogP) is 4.87. The number of furan rings is 1. The van der Waals surface area contributed by atoms with Crippen molar-refractivity contribution in [2.24, 2.45) is 0 Å². The Morgan fingerprint density at radius 3 is 2.70 bits per heavy atom. The van der Waals surface area contributed by atoms with Crippen LogP contribution in [0, 0.1) is 6.92 Å². The van der Waals surface area contributed by atoms with Crippen LogP contribution in [0.15, 0.2) is 51.4 Å². The van der Waals surface area contributed by atoms with E-state index in [1.807, 2.05) is 37.3 Å². The molecule has 0 unspecified atom stereocenters. The molecule has 0 atom stereocenters. The van der Waals surface area contributed by atoms with E-state index in [0.29, 0.717) is 10.2 Å². The summed E-state index contributed by atoms with van der Waals surface area (Å²) in [6, 6.07) is 13.0. The van der Waals surface area contributed by atoms with E-state index in [4.69, 9.17) is 9.52 Å². The molecule has 3 rings (SSSR count). The second kappa shape index (κ2) is 4.80. The molecule has 0 amide bonds. The normalized spacial score (nSPS) is 10.9. The fourth-order valence-corrected chi connectivity index (χ4v) is 2.61. The molecule has 1 aromatic heterocycles. The van der Waals surface area contributed by atoms with E-state index in [0.717, 1.165) is 22.1 Å². The Balaban J connectivity index is 2.18. The molecule has 1 heterocycles. The van der Waals surface area contributed by atoms with E-state index >= 15 is 0 Å². The molecule has 0 saturated carbocycles. The lowest BCUT2D eigenvalue weighted by Crippen LogP contribution is -1.97. The smallest absolute Gasteiger partial charge is 0.336 e. The Labute approximate surface area is 124 Å². The first-order chi connectivity index (χ1) is 9.56. The molecule has 3 aromatic rings. The summed E-state index contributed by atoms with van der Waals surface area (Å²) in [5, 5.41) is 10.2. The number of benzene rings is 2. The maximum Gasteiger partial charge on any atom is 0.336 e. The summed E-state index contributed by atoms with van der Waals surface area (Å²) in [5.74, 6) is -0.296. The van der Waals surface area contributed by atoms with Gasteiger partial charge in [0.2, 0.25) is 0 Å². The van der Waals surface area contributed by atoms with Crippen molar-refractivity contribution < 1.29 is 14.3 Å². The number of carboxylic acid groups (broad SMARTS) is 1. The number of halogens is 1. The fourth-order valence-electron chi connectivity index (χ4n) is 2.19. The standard InChI is InChI=1S/C16H11BrO3/c1-9-3-2-4-11-8-14(20-15(9)11)10-5-6-13(17)12(7-10)16(18)19/h2-8H,1H3,(H,18,19). The average molecular weight is 331 g/mol. The molecule has 1 N–H and O–H groups in total. The van der Waals surface area contributed by atoms with E-state index in [2.05, 4.69) is 15.9 Å². The van der Waals surface area contributed by atoms with E-state index in [1.165, 1.54) is 0 Å². The third-order valence-corrected chi connectivity index (χ3v) is 3.91. The van der Waals surface area contributed by atoms with Gasteiger partial charge in [0.05, 0.1) is 5.56 Å². The van der Waals surface area contributed by atoms with Crippen LogP contribution < -0.4 is 0 Å². The minimum Gasteiger partial charge on any atom is -0.478 e. The van der Waals surface area contributed by atoms with Crippen molar-refractivity contribution >= 4 is 32.9 Å². The Morgan fingerprint density at radius 2 is 2.00 bits per heavy atom. The highest BCUT2D eigenvalue weighted by atomic mass is 79.9. The molecule has 0 aliphatic heterocycles. The van der Waals surface area contributed by atoms with Crippen LogP contribution >= 0.6 is 15.9 Å². The highest BCUT2D eigenvalue weighted by Gasteiger charge is 2.13. The van der Waals surface area contributed by atoms with Crippen molar-refractivity contribution in [3.63, 3.8) is 0 Å². The molecule has 20 heavy (non-hydrogen) atoms. The van der Waals surface area contributed by atoms with Gasteiger partial charge in [-0.1, -0.05) is 24.3 Å². The first-order valence-electron chi connectivity index (χ1n) is 6.08. The number of hydrogen-bond acceptors (Lipinski definition) is 2. The Morgan fingerprint density at radius 1 is 1.20 bits per heavy atom. The number of carboxylic acids is 1. The van der Waals surface area contributed by atoms with Gasteiger partial charge in [0.15, 0.2) is 0 Å². The largest absolute Gasteiger partial charge is 0.478 e. The highest BCUT2D eigenvalue weighted by molar-refractivity contribution is 9.10. The second-order valence-electron chi connectivity index (χ2n) is 4.60. The number of rotatable bonds is 2. The molecule has 0 aliphatic carbocycles. The molecule has 0 fully saturated rings. The van der Waals surface area contributed by atoms with Crippen LogP contribution in [0.4, 0.5) is 0 Å². The average Bonchev–Trinajstić information content (AvgIpc) is 2.84. The van der Waals surface area contributed by atoms with Crippen molar-refractivity contribution in [3.8, 4) is 11.3 Å². The lowest BCUT2D eigenvalue weighted by Gasteiger charge is -2.02. The summed E-state index contributed by atoms with van der Waals surface area (Å²) >= 11 is 3.24. The summed E-state index contributed by atoms with van der Waals surface area (Å²) in [6.45, 7) is 1.99. The SMILES string of the molecule is Cc1cccc2cc(-c3ccc(Br)c(C(=O)O)c3)oc12. The molecule has 0 aliphatic rings. The van der Waals surface area contributed by atoms with Crippen molar-refractivity contribution in [2.75, 3.05) is 0 Å². The van der Waals surface area contributed by atoms with E-state index < -0.39 is 5.97 Å². The number of para-hydroxylation sites is 1. The second-order valence-corrected chi connectivity index (χ2v) is 5.46. The van der Waals surface area contributed by atoms with Crippen molar-refractivity contribution in [1.29, 1.82) is 0 Å². The van der Waals surface area contributed by atoms with E-state index in [9.17, 15) is 4.79 Å². The predicted molar refractivity (Wildman–Crippen MR) is 81.0 cm³/mol. The summed E-state index contributed by atoms with van der Waals surface area (Å²) in [5.41, 5.74) is 2.87. The van der Waals surface area contributed by atoms with E-state index in [-0.39, 0.29) is 5.56 Å². The van der Waals surface area contributed by atoms with E-state index in [1.54, 1.807) is 12.1 Å². The Kier molecular flexibility index (Phi) is 3.10. The van der Waals surface area contributed by atoms with Crippen molar-refractivity contribution in [1.82, 2.24) is 0 Å². The highest BCUT2D eigenvalue weighted by Crippen LogP contribution is 2.31. The molecule has 3 nitrogen and oxygen atoms in total. The number of carbonyl (C=O) groups is 1. The monoisotopic (exact) mass is 330 g/mol. The zero-order valence-corrected chi connectivity index (χ0v) is 12.3. The molecular weight excluding hydrogens is 320 g/mol.